The number of benzene rings is 1. The molecule has 9 nitrogen and oxygen atoms in total. The van der Waals surface area contributed by atoms with Crippen LogP contribution in [0.3, 0.4) is 0 Å². The maximum Gasteiger partial charge on any atom is 0.410 e. The number of hydrogen-bond donors (Lipinski definition) is 2. The number of rotatable bonds is 7. The van der Waals surface area contributed by atoms with E-state index in [1.807, 2.05) is 39.8 Å². The van der Waals surface area contributed by atoms with Gasteiger partial charge < -0.3 is 20.3 Å². The number of para-hydroxylation sites is 1. The van der Waals surface area contributed by atoms with Crippen LogP contribution in [-0.4, -0.2) is 58.0 Å². The molecule has 0 bridgehead atoms. The number of carbonyl (C=O) groups excluding carboxylic acids is 4. The minimum Gasteiger partial charge on any atom is -0.444 e. The van der Waals surface area contributed by atoms with Crippen LogP contribution in [0.4, 0.5) is 15.3 Å². The Kier molecular flexibility index (Phi) is 7.29. The zero-order valence-electron chi connectivity index (χ0n) is 19.9. The van der Waals surface area contributed by atoms with E-state index in [4.69, 9.17) is 4.74 Å². The molecule has 1 spiro atoms. The van der Waals surface area contributed by atoms with Crippen molar-refractivity contribution in [1.29, 1.82) is 0 Å². The SMILES string of the molecule is CCN(Cc1ccccc1NC(=O)CCN1C(=O)NC2(CCCC2)C1=O)C(=O)OC(C)(C)C. The average molecular weight is 459 g/mol. The van der Waals surface area contributed by atoms with Crippen molar-refractivity contribution in [1.82, 2.24) is 15.1 Å². The van der Waals surface area contributed by atoms with Crippen molar-refractivity contribution in [3.05, 3.63) is 29.8 Å². The number of ether oxygens (including phenoxy) is 1. The highest BCUT2D eigenvalue weighted by Gasteiger charge is 2.52. The van der Waals surface area contributed by atoms with Crippen LogP contribution in [0.1, 0.15) is 65.4 Å². The van der Waals surface area contributed by atoms with Gasteiger partial charge in [0.25, 0.3) is 5.91 Å². The quantitative estimate of drug-likeness (QED) is 0.607. The van der Waals surface area contributed by atoms with Gasteiger partial charge in [-0.3, -0.25) is 14.5 Å². The van der Waals surface area contributed by atoms with Gasteiger partial charge in [-0.2, -0.15) is 0 Å². The number of amides is 5. The maximum absolute atomic E-state index is 12.7. The predicted octanol–water partition coefficient (Wildman–Crippen LogP) is 3.64. The molecule has 1 aliphatic carbocycles. The molecule has 3 rings (SSSR count). The Hall–Kier alpha value is -3.10. The van der Waals surface area contributed by atoms with E-state index >= 15 is 0 Å². The van der Waals surface area contributed by atoms with Crippen molar-refractivity contribution in [2.24, 2.45) is 0 Å². The molecule has 1 heterocycles. The monoisotopic (exact) mass is 458 g/mol. The standard InChI is InChI=1S/C24H34N4O5/c1-5-27(22(32)33-23(2,3)4)16-17-10-6-7-11-18(17)25-19(29)12-15-28-20(30)24(26-21(28)31)13-8-9-14-24/h6-7,10-11H,5,8-9,12-16H2,1-4H3,(H,25,29)(H,26,31). The molecule has 1 saturated carbocycles. The Balaban J connectivity index is 1.60. The van der Waals surface area contributed by atoms with Crippen molar-refractivity contribution in [3.63, 3.8) is 0 Å². The molecule has 1 aliphatic heterocycles. The highest BCUT2D eigenvalue weighted by atomic mass is 16.6. The van der Waals surface area contributed by atoms with Gasteiger partial charge in [0.05, 0.1) is 6.54 Å². The number of nitrogens with one attached hydrogen (secondary N) is 2. The average Bonchev–Trinajstić information content (AvgIpc) is 3.29. The number of hydrogen-bond acceptors (Lipinski definition) is 5. The van der Waals surface area contributed by atoms with Crippen molar-refractivity contribution >= 4 is 29.6 Å². The number of carbonyl (C=O) groups is 4. The van der Waals surface area contributed by atoms with E-state index in [0.717, 1.165) is 23.3 Å². The molecule has 180 valence electrons. The first-order valence-electron chi connectivity index (χ1n) is 11.5. The van der Waals surface area contributed by atoms with Crippen LogP contribution in [0.2, 0.25) is 0 Å². The molecular weight excluding hydrogens is 424 g/mol. The zero-order chi connectivity index (χ0) is 24.2. The molecule has 1 aromatic rings. The van der Waals surface area contributed by atoms with Crippen molar-refractivity contribution in [3.8, 4) is 0 Å². The fourth-order valence-corrected chi connectivity index (χ4v) is 4.24. The Bertz CT molecular complexity index is 918. The number of imide groups is 1. The summed E-state index contributed by atoms with van der Waals surface area (Å²) in [7, 11) is 0. The molecule has 0 unspecified atom stereocenters. The molecular formula is C24H34N4O5. The van der Waals surface area contributed by atoms with Gasteiger partial charge in [-0.1, -0.05) is 31.0 Å². The topological polar surface area (TPSA) is 108 Å². The highest BCUT2D eigenvalue weighted by Crippen LogP contribution is 2.35. The molecule has 0 atom stereocenters. The first-order valence-corrected chi connectivity index (χ1v) is 11.5. The van der Waals surface area contributed by atoms with E-state index in [-0.39, 0.29) is 31.3 Å². The van der Waals surface area contributed by atoms with Crippen LogP contribution >= 0.6 is 0 Å². The van der Waals surface area contributed by atoms with Gasteiger partial charge >= 0.3 is 12.1 Å². The minimum atomic E-state index is -0.772. The molecule has 2 fully saturated rings. The summed E-state index contributed by atoms with van der Waals surface area (Å²) < 4.78 is 5.46. The summed E-state index contributed by atoms with van der Waals surface area (Å²) >= 11 is 0. The van der Waals surface area contributed by atoms with Gasteiger partial charge in [-0.15, -0.1) is 0 Å². The summed E-state index contributed by atoms with van der Waals surface area (Å²) in [6, 6.07) is 6.80. The number of nitrogens with zero attached hydrogens (tertiary/aromatic N) is 2. The molecule has 2 aliphatic rings. The summed E-state index contributed by atoms with van der Waals surface area (Å²) in [5, 5.41) is 5.68. The molecule has 33 heavy (non-hydrogen) atoms. The molecule has 2 N–H and O–H groups in total. The van der Waals surface area contributed by atoms with Gasteiger partial charge in [0.15, 0.2) is 0 Å². The summed E-state index contributed by atoms with van der Waals surface area (Å²) in [5.41, 5.74) is -0.0347. The largest absolute Gasteiger partial charge is 0.444 e. The van der Waals surface area contributed by atoms with Crippen molar-refractivity contribution in [2.45, 2.75) is 77.5 Å². The third kappa shape index (κ3) is 5.83. The van der Waals surface area contributed by atoms with Crippen LogP contribution in [0.15, 0.2) is 24.3 Å². The molecule has 5 amide bonds. The van der Waals surface area contributed by atoms with E-state index in [9.17, 15) is 19.2 Å². The van der Waals surface area contributed by atoms with Crippen molar-refractivity contribution < 1.29 is 23.9 Å². The first kappa shape index (κ1) is 24.5. The van der Waals surface area contributed by atoms with Crippen LogP contribution in [0, 0.1) is 0 Å². The second-order valence-electron chi connectivity index (χ2n) is 9.63. The van der Waals surface area contributed by atoms with Gasteiger partial charge in [0, 0.05) is 25.2 Å². The van der Waals surface area contributed by atoms with Gasteiger partial charge in [-0.05, 0) is 52.2 Å². The first-order chi connectivity index (χ1) is 15.5. The van der Waals surface area contributed by atoms with Crippen LogP contribution in [0.25, 0.3) is 0 Å². The fourth-order valence-electron chi connectivity index (χ4n) is 4.24. The van der Waals surface area contributed by atoms with Crippen LogP contribution in [-0.2, 0) is 20.9 Å². The van der Waals surface area contributed by atoms with E-state index in [0.29, 0.717) is 25.1 Å². The number of urea groups is 1. The van der Waals surface area contributed by atoms with Crippen molar-refractivity contribution in [2.75, 3.05) is 18.4 Å². The lowest BCUT2D eigenvalue weighted by atomic mass is 9.98. The Labute approximate surface area is 194 Å². The van der Waals surface area contributed by atoms with E-state index < -0.39 is 23.3 Å². The summed E-state index contributed by atoms with van der Waals surface area (Å²) in [6.07, 6.45) is 2.70. The highest BCUT2D eigenvalue weighted by molar-refractivity contribution is 6.07. The molecule has 0 aromatic heterocycles. The maximum atomic E-state index is 12.7. The summed E-state index contributed by atoms with van der Waals surface area (Å²) in [4.78, 5) is 52.9. The summed E-state index contributed by atoms with van der Waals surface area (Å²) in [5.74, 6) is -0.537. The molecule has 1 aromatic carbocycles. The summed E-state index contributed by atoms with van der Waals surface area (Å²) in [6.45, 7) is 8.05. The zero-order valence-corrected chi connectivity index (χ0v) is 19.9. The fraction of sp³-hybridized carbons (Fsp3) is 0.583. The molecule has 9 heteroatoms. The normalized spacial score (nSPS) is 17.3. The Morgan fingerprint density at radius 3 is 2.48 bits per heavy atom. The lowest BCUT2D eigenvalue weighted by molar-refractivity contribution is -0.131. The lowest BCUT2D eigenvalue weighted by Gasteiger charge is -2.27. The minimum absolute atomic E-state index is 0.00681. The smallest absolute Gasteiger partial charge is 0.410 e. The van der Waals surface area contributed by atoms with Gasteiger partial charge in [0.1, 0.15) is 11.1 Å². The molecule has 0 radical (unpaired) electrons. The van der Waals surface area contributed by atoms with Crippen LogP contribution < -0.4 is 10.6 Å². The Morgan fingerprint density at radius 2 is 1.85 bits per heavy atom. The predicted molar refractivity (Wildman–Crippen MR) is 123 cm³/mol. The van der Waals surface area contributed by atoms with Crippen LogP contribution in [0.5, 0.6) is 0 Å². The van der Waals surface area contributed by atoms with Gasteiger partial charge in [-0.25, -0.2) is 9.59 Å². The van der Waals surface area contributed by atoms with Gasteiger partial charge in [0.2, 0.25) is 5.91 Å². The van der Waals surface area contributed by atoms with E-state index in [1.165, 1.54) is 0 Å². The third-order valence-electron chi connectivity index (χ3n) is 5.95. The number of anilines is 1. The Morgan fingerprint density at radius 1 is 1.18 bits per heavy atom. The van der Waals surface area contributed by atoms with E-state index in [2.05, 4.69) is 10.6 Å². The van der Waals surface area contributed by atoms with E-state index in [1.54, 1.807) is 17.0 Å². The second kappa shape index (κ2) is 9.80. The molecule has 1 saturated heterocycles. The lowest BCUT2D eigenvalue weighted by Crippen LogP contribution is -2.44. The third-order valence-corrected chi connectivity index (χ3v) is 5.95. The second-order valence-corrected chi connectivity index (χ2v) is 9.63.